The highest BCUT2D eigenvalue weighted by molar-refractivity contribution is 14.1. The zero-order valence-corrected chi connectivity index (χ0v) is 10.8. The maximum atomic E-state index is 11.1. The number of carbonyl (C=O) groups is 1. The number of hydrogen-bond donors (Lipinski definition) is 0. The van der Waals surface area contributed by atoms with E-state index in [0.717, 1.165) is 10.8 Å². The summed E-state index contributed by atoms with van der Waals surface area (Å²) in [6, 6.07) is 0. The number of halogens is 1. The summed E-state index contributed by atoms with van der Waals surface area (Å²) in [6.45, 7) is 5.94. The monoisotopic (exact) mass is 298 g/mol. The molecule has 0 aliphatic heterocycles. The molecule has 78 valence electrons. The first-order valence-corrected chi connectivity index (χ1v) is 6.34. The van der Waals surface area contributed by atoms with Crippen LogP contribution in [-0.2, 0) is 9.53 Å². The van der Waals surface area contributed by atoms with Crippen molar-refractivity contribution in [3.05, 3.63) is 0 Å². The average Bonchev–Trinajstić information content (AvgIpc) is 2.00. The van der Waals surface area contributed by atoms with Crippen LogP contribution >= 0.6 is 22.6 Å². The molecule has 2 nitrogen and oxygen atoms in total. The van der Waals surface area contributed by atoms with Gasteiger partial charge in [-0.1, -0.05) is 29.5 Å². The van der Waals surface area contributed by atoms with E-state index in [-0.39, 0.29) is 12.1 Å². The minimum Gasteiger partial charge on any atom is -0.463 e. The summed E-state index contributed by atoms with van der Waals surface area (Å²) < 4.78 is 6.20. The van der Waals surface area contributed by atoms with E-state index >= 15 is 0 Å². The third-order valence-corrected chi connectivity index (χ3v) is 2.43. The number of esters is 1. The molecule has 3 heteroatoms. The SMILES string of the molecule is CC(C)OC(=O)CC[C@@H](C)CCI. The first-order valence-electron chi connectivity index (χ1n) is 4.81. The van der Waals surface area contributed by atoms with Crippen LogP contribution in [0.25, 0.3) is 0 Å². The molecular formula is C10H19IO2. The molecule has 0 heterocycles. The molecule has 0 saturated carbocycles. The smallest absolute Gasteiger partial charge is 0.306 e. The first-order chi connectivity index (χ1) is 6.06. The third kappa shape index (κ3) is 8.53. The Morgan fingerprint density at radius 1 is 1.31 bits per heavy atom. The summed E-state index contributed by atoms with van der Waals surface area (Å²) in [4.78, 5) is 11.1. The minimum atomic E-state index is -0.0599. The van der Waals surface area contributed by atoms with Crippen molar-refractivity contribution in [2.45, 2.75) is 46.1 Å². The van der Waals surface area contributed by atoms with Crippen LogP contribution in [0.3, 0.4) is 0 Å². The van der Waals surface area contributed by atoms with Crippen LogP contribution in [0.15, 0.2) is 0 Å². The largest absolute Gasteiger partial charge is 0.463 e. The second-order valence-electron chi connectivity index (χ2n) is 3.66. The fraction of sp³-hybridized carbons (Fsp3) is 0.900. The Hall–Kier alpha value is 0.200. The molecule has 0 saturated heterocycles. The molecule has 0 bridgehead atoms. The Bertz CT molecular complexity index is 146. The van der Waals surface area contributed by atoms with E-state index < -0.39 is 0 Å². The van der Waals surface area contributed by atoms with Crippen molar-refractivity contribution in [3.63, 3.8) is 0 Å². The standard InChI is InChI=1S/C10H19IO2/c1-8(2)13-10(12)5-4-9(3)6-7-11/h8-9H,4-7H2,1-3H3/t9-/m1/s1. The molecule has 0 aliphatic carbocycles. The van der Waals surface area contributed by atoms with Crippen LogP contribution in [0.1, 0.15) is 40.0 Å². The molecule has 0 aliphatic rings. The van der Waals surface area contributed by atoms with E-state index in [0.29, 0.717) is 12.3 Å². The van der Waals surface area contributed by atoms with Crippen molar-refractivity contribution in [1.82, 2.24) is 0 Å². The molecule has 0 amide bonds. The topological polar surface area (TPSA) is 26.3 Å². The molecule has 0 spiro atoms. The van der Waals surface area contributed by atoms with Gasteiger partial charge in [0.15, 0.2) is 0 Å². The first kappa shape index (κ1) is 13.2. The van der Waals surface area contributed by atoms with Gasteiger partial charge < -0.3 is 4.74 Å². The van der Waals surface area contributed by atoms with E-state index in [4.69, 9.17) is 4.74 Å². The lowest BCUT2D eigenvalue weighted by atomic mass is 10.0. The van der Waals surface area contributed by atoms with Crippen molar-refractivity contribution < 1.29 is 9.53 Å². The molecule has 0 aromatic heterocycles. The number of hydrogen-bond acceptors (Lipinski definition) is 2. The summed E-state index contributed by atoms with van der Waals surface area (Å²) in [5.74, 6) is 0.576. The van der Waals surface area contributed by atoms with Gasteiger partial charge in [0.1, 0.15) is 0 Å². The summed E-state index contributed by atoms with van der Waals surface area (Å²) >= 11 is 2.36. The van der Waals surface area contributed by atoms with Gasteiger partial charge in [0.05, 0.1) is 6.10 Å². The molecule has 0 aromatic rings. The van der Waals surface area contributed by atoms with E-state index in [1.165, 1.54) is 6.42 Å². The van der Waals surface area contributed by atoms with Gasteiger partial charge in [-0.2, -0.15) is 0 Å². The summed E-state index contributed by atoms with van der Waals surface area (Å²) in [5.41, 5.74) is 0. The van der Waals surface area contributed by atoms with Gasteiger partial charge in [0, 0.05) is 6.42 Å². The predicted molar refractivity (Wildman–Crippen MR) is 63.1 cm³/mol. The van der Waals surface area contributed by atoms with Gasteiger partial charge in [-0.3, -0.25) is 4.79 Å². The molecule has 0 unspecified atom stereocenters. The van der Waals surface area contributed by atoms with Crippen LogP contribution in [0.5, 0.6) is 0 Å². The molecular weight excluding hydrogens is 279 g/mol. The lowest BCUT2D eigenvalue weighted by molar-refractivity contribution is -0.147. The van der Waals surface area contributed by atoms with Crippen LogP contribution in [0, 0.1) is 5.92 Å². The van der Waals surface area contributed by atoms with Crippen LogP contribution in [0.4, 0.5) is 0 Å². The quantitative estimate of drug-likeness (QED) is 0.428. The van der Waals surface area contributed by atoms with E-state index in [1.54, 1.807) is 0 Å². The van der Waals surface area contributed by atoms with Crippen molar-refractivity contribution in [2.75, 3.05) is 4.43 Å². The van der Waals surface area contributed by atoms with Crippen molar-refractivity contribution >= 4 is 28.6 Å². The fourth-order valence-electron chi connectivity index (χ4n) is 1.02. The Morgan fingerprint density at radius 3 is 2.38 bits per heavy atom. The number of ether oxygens (including phenoxy) is 1. The van der Waals surface area contributed by atoms with Gasteiger partial charge in [-0.25, -0.2) is 0 Å². The van der Waals surface area contributed by atoms with Gasteiger partial charge in [-0.15, -0.1) is 0 Å². The van der Waals surface area contributed by atoms with Crippen LogP contribution < -0.4 is 0 Å². The average molecular weight is 298 g/mol. The minimum absolute atomic E-state index is 0.0207. The van der Waals surface area contributed by atoms with E-state index in [1.807, 2.05) is 13.8 Å². The Morgan fingerprint density at radius 2 is 1.92 bits per heavy atom. The van der Waals surface area contributed by atoms with E-state index in [2.05, 4.69) is 29.5 Å². The van der Waals surface area contributed by atoms with E-state index in [9.17, 15) is 4.79 Å². The highest BCUT2D eigenvalue weighted by Gasteiger charge is 2.08. The molecule has 13 heavy (non-hydrogen) atoms. The zero-order chi connectivity index (χ0) is 10.3. The molecule has 0 rings (SSSR count). The van der Waals surface area contributed by atoms with Crippen LogP contribution in [0.2, 0.25) is 0 Å². The predicted octanol–water partition coefficient (Wildman–Crippen LogP) is 3.18. The van der Waals surface area contributed by atoms with Crippen molar-refractivity contribution in [1.29, 1.82) is 0 Å². The van der Waals surface area contributed by atoms with Gasteiger partial charge >= 0.3 is 5.97 Å². The number of alkyl halides is 1. The molecule has 0 N–H and O–H groups in total. The highest BCUT2D eigenvalue weighted by atomic mass is 127. The molecule has 0 radical (unpaired) electrons. The summed E-state index contributed by atoms with van der Waals surface area (Å²) in [7, 11) is 0. The Balaban J connectivity index is 3.46. The Labute approximate surface area is 94.6 Å². The van der Waals surface area contributed by atoms with Gasteiger partial charge in [-0.05, 0) is 37.0 Å². The second-order valence-corrected chi connectivity index (χ2v) is 4.74. The molecule has 0 aromatic carbocycles. The lowest BCUT2D eigenvalue weighted by Crippen LogP contribution is -2.12. The van der Waals surface area contributed by atoms with Crippen molar-refractivity contribution in [3.8, 4) is 0 Å². The van der Waals surface area contributed by atoms with Gasteiger partial charge in [0.2, 0.25) is 0 Å². The Kier molecular flexibility index (Phi) is 7.71. The molecule has 0 fully saturated rings. The van der Waals surface area contributed by atoms with Crippen molar-refractivity contribution in [2.24, 2.45) is 5.92 Å². The fourth-order valence-corrected chi connectivity index (χ4v) is 2.08. The zero-order valence-electron chi connectivity index (χ0n) is 8.68. The maximum Gasteiger partial charge on any atom is 0.306 e. The second kappa shape index (κ2) is 7.59. The number of carbonyl (C=O) groups excluding carboxylic acids is 1. The number of rotatable bonds is 6. The highest BCUT2D eigenvalue weighted by Crippen LogP contribution is 2.12. The third-order valence-electron chi connectivity index (χ3n) is 1.81. The molecule has 1 atom stereocenters. The van der Waals surface area contributed by atoms with Crippen LogP contribution in [-0.4, -0.2) is 16.5 Å². The summed E-state index contributed by atoms with van der Waals surface area (Å²) in [5, 5.41) is 0. The lowest BCUT2D eigenvalue weighted by Gasteiger charge is -2.10. The van der Waals surface area contributed by atoms with Gasteiger partial charge in [0.25, 0.3) is 0 Å². The summed E-state index contributed by atoms with van der Waals surface area (Å²) in [6.07, 6.45) is 2.73. The normalized spacial score (nSPS) is 13.0. The maximum absolute atomic E-state index is 11.1.